The molecule has 10 heteroatoms. The van der Waals surface area contributed by atoms with E-state index in [0.717, 1.165) is 11.1 Å². The van der Waals surface area contributed by atoms with Crippen molar-refractivity contribution in [2.45, 2.75) is 38.8 Å². The highest BCUT2D eigenvalue weighted by Gasteiger charge is 2.35. The summed E-state index contributed by atoms with van der Waals surface area (Å²) in [6.07, 6.45) is 1.88. The van der Waals surface area contributed by atoms with Gasteiger partial charge in [0, 0.05) is 25.3 Å². The molecule has 2 aliphatic rings. The molecule has 176 valence electrons. The van der Waals surface area contributed by atoms with E-state index < -0.39 is 5.60 Å². The number of benzene rings is 1. The number of hydrogen-bond acceptors (Lipinski definition) is 6. The van der Waals surface area contributed by atoms with Crippen LogP contribution in [0.3, 0.4) is 0 Å². The maximum absolute atomic E-state index is 13.2. The number of amides is 4. The molecule has 0 bridgehead atoms. The van der Waals surface area contributed by atoms with Crippen molar-refractivity contribution in [2.24, 2.45) is 0 Å². The molecular formula is C24H25N5O4S. The molecule has 2 aromatic heterocycles. The van der Waals surface area contributed by atoms with E-state index in [2.05, 4.69) is 15.6 Å². The number of para-hydroxylation sites is 1. The number of hydrogen-bond donors (Lipinski definition) is 2. The Balaban J connectivity index is 1.39. The zero-order valence-corrected chi connectivity index (χ0v) is 19.9. The van der Waals surface area contributed by atoms with Crippen LogP contribution in [-0.4, -0.2) is 52.6 Å². The fourth-order valence-electron chi connectivity index (χ4n) is 4.20. The Bertz CT molecular complexity index is 1280. The predicted octanol–water partition coefficient (Wildman–Crippen LogP) is 4.72. The first-order chi connectivity index (χ1) is 16.2. The lowest BCUT2D eigenvalue weighted by molar-refractivity contribution is 0.0290. The van der Waals surface area contributed by atoms with Crippen LogP contribution in [0.5, 0.6) is 0 Å². The lowest BCUT2D eigenvalue weighted by atomic mass is 10.1. The third-order valence-electron chi connectivity index (χ3n) is 5.64. The molecule has 5 rings (SSSR count). The van der Waals surface area contributed by atoms with Crippen molar-refractivity contribution in [3.8, 4) is 0 Å². The highest BCUT2D eigenvalue weighted by atomic mass is 32.1. The highest BCUT2D eigenvalue weighted by Crippen LogP contribution is 2.45. The SMILES string of the molecule is CC(C)(C)OC(=O)N1CC[C@@H](NC(=O)c2sc3nccc4c3c2NC(=O)N4c2ccccc2)C1. The summed E-state index contributed by atoms with van der Waals surface area (Å²) in [4.78, 5) is 47.3. The van der Waals surface area contributed by atoms with Gasteiger partial charge in [-0.05, 0) is 45.4 Å². The van der Waals surface area contributed by atoms with Gasteiger partial charge >= 0.3 is 12.1 Å². The minimum atomic E-state index is -0.575. The number of ether oxygens (including phenoxy) is 1. The molecule has 1 fully saturated rings. The van der Waals surface area contributed by atoms with Gasteiger partial charge in [0.2, 0.25) is 0 Å². The Hall–Kier alpha value is -3.66. The molecule has 0 aliphatic carbocycles. The smallest absolute Gasteiger partial charge is 0.410 e. The second kappa shape index (κ2) is 8.28. The standard InChI is InChI=1S/C24H25N5O4S/c1-24(2,3)33-23(32)28-12-10-14(13-28)26-20(30)19-18-17-16(9-11-25-21(17)34-19)29(22(31)27-18)15-7-5-4-6-8-15/h4-9,11,14H,10,12-13H2,1-3H3,(H,26,30)(H,27,31)/t14-/m1/s1. The van der Waals surface area contributed by atoms with Crippen molar-refractivity contribution in [1.29, 1.82) is 0 Å². The van der Waals surface area contributed by atoms with E-state index in [0.29, 0.717) is 40.6 Å². The van der Waals surface area contributed by atoms with Crippen LogP contribution >= 0.6 is 11.3 Å². The molecule has 2 aliphatic heterocycles. The van der Waals surface area contributed by atoms with Crippen LogP contribution in [0, 0.1) is 0 Å². The first kappa shape index (κ1) is 22.1. The average Bonchev–Trinajstić information content (AvgIpc) is 3.39. The van der Waals surface area contributed by atoms with Gasteiger partial charge in [-0.1, -0.05) is 18.2 Å². The number of nitrogens with zero attached hydrogens (tertiary/aromatic N) is 3. The maximum Gasteiger partial charge on any atom is 0.410 e. The van der Waals surface area contributed by atoms with Gasteiger partial charge in [0.05, 0.1) is 22.4 Å². The first-order valence-electron chi connectivity index (χ1n) is 11.1. The number of pyridine rings is 1. The summed E-state index contributed by atoms with van der Waals surface area (Å²) in [7, 11) is 0. The highest BCUT2D eigenvalue weighted by molar-refractivity contribution is 7.21. The maximum atomic E-state index is 13.2. The number of carbonyl (C=O) groups is 3. The predicted molar refractivity (Wildman–Crippen MR) is 131 cm³/mol. The second-order valence-corrected chi connectivity index (χ2v) is 10.3. The largest absolute Gasteiger partial charge is 0.444 e. The molecule has 3 aromatic rings. The summed E-state index contributed by atoms with van der Waals surface area (Å²) in [5.41, 5.74) is 1.31. The normalized spacial score (nSPS) is 17.6. The molecule has 1 saturated heterocycles. The fourth-order valence-corrected chi connectivity index (χ4v) is 5.22. The molecule has 0 unspecified atom stereocenters. The van der Waals surface area contributed by atoms with Crippen LogP contribution < -0.4 is 15.5 Å². The van der Waals surface area contributed by atoms with Crippen molar-refractivity contribution in [1.82, 2.24) is 15.2 Å². The topological polar surface area (TPSA) is 104 Å². The van der Waals surface area contributed by atoms with Crippen LogP contribution in [0.1, 0.15) is 36.9 Å². The second-order valence-electron chi connectivity index (χ2n) is 9.30. The monoisotopic (exact) mass is 479 g/mol. The van der Waals surface area contributed by atoms with Crippen LogP contribution in [0.15, 0.2) is 42.6 Å². The Morgan fingerprint density at radius 2 is 1.97 bits per heavy atom. The van der Waals surface area contributed by atoms with E-state index in [1.165, 1.54) is 11.3 Å². The fraction of sp³-hybridized carbons (Fsp3) is 0.333. The lowest BCUT2D eigenvalue weighted by Gasteiger charge is -2.28. The zero-order valence-electron chi connectivity index (χ0n) is 19.1. The van der Waals surface area contributed by atoms with Gasteiger partial charge < -0.3 is 20.3 Å². The minimum absolute atomic E-state index is 0.204. The van der Waals surface area contributed by atoms with Crippen LogP contribution in [0.4, 0.5) is 26.7 Å². The van der Waals surface area contributed by atoms with E-state index in [-0.39, 0.29) is 24.1 Å². The molecule has 4 heterocycles. The Morgan fingerprint density at radius 3 is 2.71 bits per heavy atom. The number of nitrogens with one attached hydrogen (secondary N) is 2. The summed E-state index contributed by atoms with van der Waals surface area (Å²) in [6.45, 7) is 6.35. The van der Waals surface area contributed by atoms with Gasteiger partial charge in [-0.2, -0.15) is 0 Å². The summed E-state index contributed by atoms with van der Waals surface area (Å²) in [6, 6.07) is 10.6. The molecule has 1 atom stereocenters. The number of likely N-dealkylation sites (tertiary alicyclic amines) is 1. The Labute approximate surface area is 200 Å². The van der Waals surface area contributed by atoms with Crippen molar-refractivity contribution in [3.05, 3.63) is 47.5 Å². The van der Waals surface area contributed by atoms with E-state index in [9.17, 15) is 14.4 Å². The third-order valence-corrected chi connectivity index (χ3v) is 6.74. The zero-order chi connectivity index (χ0) is 24.0. The van der Waals surface area contributed by atoms with Gasteiger partial charge in [-0.25, -0.2) is 14.6 Å². The van der Waals surface area contributed by atoms with Crippen LogP contribution in [0.25, 0.3) is 10.2 Å². The number of urea groups is 1. The summed E-state index contributed by atoms with van der Waals surface area (Å²) < 4.78 is 5.43. The number of anilines is 3. The molecule has 0 saturated carbocycles. The quantitative estimate of drug-likeness (QED) is 0.566. The van der Waals surface area contributed by atoms with Gasteiger partial charge in [0.1, 0.15) is 15.3 Å². The molecule has 4 amide bonds. The molecule has 0 radical (unpaired) electrons. The van der Waals surface area contributed by atoms with Gasteiger partial charge in [-0.3, -0.25) is 9.69 Å². The van der Waals surface area contributed by atoms with Crippen LogP contribution in [0.2, 0.25) is 0 Å². The molecular weight excluding hydrogens is 454 g/mol. The van der Waals surface area contributed by atoms with Crippen molar-refractivity contribution in [3.63, 3.8) is 0 Å². The minimum Gasteiger partial charge on any atom is -0.444 e. The van der Waals surface area contributed by atoms with E-state index >= 15 is 0 Å². The number of rotatable bonds is 3. The van der Waals surface area contributed by atoms with Gasteiger partial charge in [0.25, 0.3) is 5.91 Å². The van der Waals surface area contributed by atoms with E-state index in [4.69, 9.17) is 4.74 Å². The Kier molecular flexibility index (Phi) is 5.40. The first-order valence-corrected chi connectivity index (χ1v) is 11.9. The number of aromatic nitrogens is 1. The summed E-state index contributed by atoms with van der Waals surface area (Å²) in [5, 5.41) is 6.64. The lowest BCUT2D eigenvalue weighted by Crippen LogP contribution is -2.40. The van der Waals surface area contributed by atoms with Gasteiger partial charge in [-0.15, -0.1) is 11.3 Å². The van der Waals surface area contributed by atoms with E-state index in [1.807, 2.05) is 51.1 Å². The Morgan fingerprint density at radius 1 is 1.21 bits per heavy atom. The molecule has 0 spiro atoms. The van der Waals surface area contributed by atoms with Gasteiger partial charge in [0.15, 0.2) is 0 Å². The molecule has 34 heavy (non-hydrogen) atoms. The molecule has 2 N–H and O–H groups in total. The van der Waals surface area contributed by atoms with Crippen molar-refractivity contribution in [2.75, 3.05) is 23.3 Å². The van der Waals surface area contributed by atoms with Crippen LogP contribution in [-0.2, 0) is 4.74 Å². The third kappa shape index (κ3) is 4.05. The van der Waals surface area contributed by atoms with Crippen molar-refractivity contribution >= 4 is 56.6 Å². The average molecular weight is 480 g/mol. The molecule has 1 aromatic carbocycles. The summed E-state index contributed by atoms with van der Waals surface area (Å²) in [5.74, 6) is -0.298. The number of thiophene rings is 1. The number of carbonyl (C=O) groups excluding carboxylic acids is 3. The summed E-state index contributed by atoms with van der Waals surface area (Å²) >= 11 is 1.24. The molecule has 9 nitrogen and oxygen atoms in total. The van der Waals surface area contributed by atoms with Crippen molar-refractivity contribution < 1.29 is 19.1 Å². The van der Waals surface area contributed by atoms with E-state index in [1.54, 1.807) is 22.1 Å².